The molecule has 3 aromatic rings. The van der Waals surface area contributed by atoms with E-state index < -0.39 is 0 Å². The maximum atomic E-state index is 4.62. The minimum atomic E-state index is 0.870. The smallest absolute Gasteiger partial charge is 0.154 e. The van der Waals surface area contributed by atoms with E-state index in [0.717, 1.165) is 17.0 Å². The second-order valence-corrected chi connectivity index (χ2v) is 4.22. The average Bonchev–Trinajstić information content (AvgIpc) is 2.76. The standard InChI is InChI=1S/C14H13N3/c1-10-9-14(17-8-7-11(2)16-17)15-13-6-4-3-5-12(10)13/h3-9H,1-2H3. The first-order chi connectivity index (χ1) is 8.24. The van der Waals surface area contributed by atoms with Gasteiger partial charge >= 0.3 is 0 Å². The molecule has 0 bridgehead atoms. The molecule has 2 heterocycles. The zero-order valence-corrected chi connectivity index (χ0v) is 9.88. The molecule has 3 heteroatoms. The third-order valence-electron chi connectivity index (χ3n) is 2.87. The lowest BCUT2D eigenvalue weighted by molar-refractivity contribution is 0.836. The Morgan fingerprint density at radius 2 is 1.88 bits per heavy atom. The molecular formula is C14H13N3. The van der Waals surface area contributed by atoms with Gasteiger partial charge in [0.15, 0.2) is 5.82 Å². The Bertz CT molecular complexity index is 683. The minimum absolute atomic E-state index is 0.870. The summed E-state index contributed by atoms with van der Waals surface area (Å²) in [6.45, 7) is 4.08. The summed E-state index contributed by atoms with van der Waals surface area (Å²) in [6, 6.07) is 12.2. The van der Waals surface area contributed by atoms with Gasteiger partial charge in [0.2, 0.25) is 0 Å². The molecule has 2 aromatic heterocycles. The number of aromatic nitrogens is 3. The number of aryl methyl sites for hydroxylation is 2. The Morgan fingerprint density at radius 3 is 2.65 bits per heavy atom. The van der Waals surface area contributed by atoms with Gasteiger partial charge in [0.05, 0.1) is 11.2 Å². The van der Waals surface area contributed by atoms with Crippen LogP contribution in [0.2, 0.25) is 0 Å². The highest BCUT2D eigenvalue weighted by Crippen LogP contribution is 2.19. The number of hydrogen-bond donors (Lipinski definition) is 0. The molecular weight excluding hydrogens is 210 g/mol. The fourth-order valence-corrected chi connectivity index (χ4v) is 1.99. The van der Waals surface area contributed by atoms with Crippen molar-refractivity contribution in [2.75, 3.05) is 0 Å². The molecule has 0 radical (unpaired) electrons. The maximum absolute atomic E-state index is 4.62. The van der Waals surface area contributed by atoms with Gasteiger partial charge in [-0.3, -0.25) is 0 Å². The van der Waals surface area contributed by atoms with Crippen molar-refractivity contribution in [1.82, 2.24) is 14.8 Å². The van der Waals surface area contributed by atoms with Crippen molar-refractivity contribution in [3.63, 3.8) is 0 Å². The predicted molar refractivity (Wildman–Crippen MR) is 68.3 cm³/mol. The minimum Gasteiger partial charge on any atom is -0.229 e. The topological polar surface area (TPSA) is 30.7 Å². The molecule has 0 aliphatic heterocycles. The van der Waals surface area contributed by atoms with Gasteiger partial charge in [0.1, 0.15) is 0 Å². The zero-order valence-electron chi connectivity index (χ0n) is 9.88. The molecule has 84 valence electrons. The van der Waals surface area contributed by atoms with Crippen LogP contribution in [-0.4, -0.2) is 14.8 Å². The van der Waals surface area contributed by atoms with Crippen LogP contribution in [0.3, 0.4) is 0 Å². The van der Waals surface area contributed by atoms with E-state index in [1.54, 1.807) is 0 Å². The normalized spacial score (nSPS) is 10.9. The zero-order chi connectivity index (χ0) is 11.8. The predicted octanol–water partition coefficient (Wildman–Crippen LogP) is 3.04. The Labute approximate surface area is 99.7 Å². The van der Waals surface area contributed by atoms with E-state index in [9.17, 15) is 0 Å². The molecule has 3 rings (SSSR count). The summed E-state index contributed by atoms with van der Waals surface area (Å²) in [6.07, 6.45) is 1.94. The van der Waals surface area contributed by atoms with Crippen LogP contribution in [0.5, 0.6) is 0 Å². The Morgan fingerprint density at radius 1 is 1.06 bits per heavy atom. The second-order valence-electron chi connectivity index (χ2n) is 4.22. The summed E-state index contributed by atoms with van der Waals surface area (Å²) >= 11 is 0. The largest absolute Gasteiger partial charge is 0.229 e. The van der Waals surface area contributed by atoms with Crippen LogP contribution in [0, 0.1) is 13.8 Å². The first-order valence-electron chi connectivity index (χ1n) is 5.63. The van der Waals surface area contributed by atoms with Gasteiger partial charge in [-0.05, 0) is 37.6 Å². The van der Waals surface area contributed by atoms with E-state index in [-0.39, 0.29) is 0 Å². The van der Waals surface area contributed by atoms with Gasteiger partial charge in [-0.25, -0.2) is 9.67 Å². The number of hydrogen-bond acceptors (Lipinski definition) is 2. The molecule has 0 N–H and O–H groups in total. The molecule has 0 unspecified atom stereocenters. The number of benzene rings is 1. The maximum Gasteiger partial charge on any atom is 0.154 e. The third-order valence-corrected chi connectivity index (χ3v) is 2.87. The lowest BCUT2D eigenvalue weighted by Gasteiger charge is -2.06. The van der Waals surface area contributed by atoms with Crippen LogP contribution >= 0.6 is 0 Å². The molecule has 0 atom stereocenters. The fourth-order valence-electron chi connectivity index (χ4n) is 1.99. The van der Waals surface area contributed by atoms with E-state index in [4.69, 9.17) is 0 Å². The first kappa shape index (κ1) is 10.0. The quantitative estimate of drug-likeness (QED) is 0.634. The monoisotopic (exact) mass is 223 g/mol. The molecule has 0 aliphatic rings. The summed E-state index contributed by atoms with van der Waals surface area (Å²) in [5.41, 5.74) is 3.23. The van der Waals surface area contributed by atoms with E-state index in [0.29, 0.717) is 0 Å². The summed E-state index contributed by atoms with van der Waals surface area (Å²) in [5, 5.41) is 5.58. The Hall–Kier alpha value is -2.16. The molecule has 0 saturated heterocycles. The van der Waals surface area contributed by atoms with Crippen LogP contribution < -0.4 is 0 Å². The van der Waals surface area contributed by atoms with Crippen molar-refractivity contribution in [1.29, 1.82) is 0 Å². The summed E-state index contributed by atoms with van der Waals surface area (Å²) in [5.74, 6) is 0.870. The number of nitrogens with zero attached hydrogens (tertiary/aromatic N) is 3. The number of rotatable bonds is 1. The number of pyridine rings is 1. The first-order valence-corrected chi connectivity index (χ1v) is 5.63. The van der Waals surface area contributed by atoms with E-state index in [2.05, 4.69) is 29.1 Å². The van der Waals surface area contributed by atoms with Crippen molar-refractivity contribution in [3.8, 4) is 5.82 Å². The lowest BCUT2D eigenvalue weighted by atomic mass is 10.1. The number of fused-ring (bicyclic) bond motifs is 1. The molecule has 0 aliphatic carbocycles. The van der Waals surface area contributed by atoms with Crippen molar-refractivity contribution in [2.45, 2.75) is 13.8 Å². The second kappa shape index (κ2) is 3.70. The van der Waals surface area contributed by atoms with Crippen LogP contribution in [0.15, 0.2) is 42.6 Å². The molecule has 3 nitrogen and oxygen atoms in total. The van der Waals surface area contributed by atoms with Crippen LogP contribution in [0.25, 0.3) is 16.7 Å². The molecule has 17 heavy (non-hydrogen) atoms. The SMILES string of the molecule is Cc1ccn(-c2cc(C)c3ccccc3n2)n1. The summed E-state index contributed by atoms with van der Waals surface area (Å²) < 4.78 is 1.81. The van der Waals surface area contributed by atoms with Gasteiger partial charge in [-0.15, -0.1) is 0 Å². The van der Waals surface area contributed by atoms with E-state index in [1.807, 2.05) is 42.1 Å². The molecule has 0 saturated carbocycles. The highest BCUT2D eigenvalue weighted by atomic mass is 15.3. The van der Waals surface area contributed by atoms with Crippen molar-refractivity contribution < 1.29 is 0 Å². The van der Waals surface area contributed by atoms with Gasteiger partial charge in [0, 0.05) is 11.6 Å². The van der Waals surface area contributed by atoms with Gasteiger partial charge in [-0.1, -0.05) is 18.2 Å². The summed E-state index contributed by atoms with van der Waals surface area (Å²) in [7, 11) is 0. The van der Waals surface area contributed by atoms with Gasteiger partial charge < -0.3 is 0 Å². The molecule has 1 aromatic carbocycles. The Balaban J connectivity index is 2.25. The van der Waals surface area contributed by atoms with Gasteiger partial charge in [-0.2, -0.15) is 5.10 Å². The van der Waals surface area contributed by atoms with E-state index in [1.165, 1.54) is 10.9 Å². The molecule has 0 amide bonds. The van der Waals surface area contributed by atoms with Crippen molar-refractivity contribution in [3.05, 3.63) is 53.9 Å². The number of para-hydroxylation sites is 1. The Kier molecular flexibility index (Phi) is 2.18. The van der Waals surface area contributed by atoms with Crippen molar-refractivity contribution >= 4 is 10.9 Å². The highest BCUT2D eigenvalue weighted by Gasteiger charge is 2.04. The van der Waals surface area contributed by atoms with Crippen LogP contribution in [0.4, 0.5) is 0 Å². The average molecular weight is 223 g/mol. The molecule has 0 fully saturated rings. The van der Waals surface area contributed by atoms with Crippen molar-refractivity contribution in [2.24, 2.45) is 0 Å². The van der Waals surface area contributed by atoms with E-state index >= 15 is 0 Å². The third kappa shape index (κ3) is 1.69. The van der Waals surface area contributed by atoms with Gasteiger partial charge in [0.25, 0.3) is 0 Å². The fraction of sp³-hybridized carbons (Fsp3) is 0.143. The molecule has 0 spiro atoms. The summed E-state index contributed by atoms with van der Waals surface area (Å²) in [4.78, 5) is 4.62. The van der Waals surface area contributed by atoms with Crippen LogP contribution in [0.1, 0.15) is 11.3 Å². The highest BCUT2D eigenvalue weighted by molar-refractivity contribution is 5.82. The lowest BCUT2D eigenvalue weighted by Crippen LogP contribution is -1.99. The van der Waals surface area contributed by atoms with Crippen LogP contribution in [-0.2, 0) is 0 Å².